The SMILES string of the molecule is CCC(NC)c1ccc(-c2ccc(OC)c(C)c2)cc1. The smallest absolute Gasteiger partial charge is 0.121 e. The van der Waals surface area contributed by atoms with Crippen LogP contribution < -0.4 is 10.1 Å². The van der Waals surface area contributed by atoms with Gasteiger partial charge in [-0.3, -0.25) is 0 Å². The molecule has 0 heterocycles. The molecule has 1 N–H and O–H groups in total. The van der Waals surface area contributed by atoms with Crippen LogP contribution in [0.2, 0.25) is 0 Å². The molecule has 0 aliphatic heterocycles. The van der Waals surface area contributed by atoms with Crippen LogP contribution in [0, 0.1) is 6.92 Å². The third-order valence-electron chi connectivity index (χ3n) is 3.80. The Morgan fingerprint density at radius 1 is 1.05 bits per heavy atom. The Balaban J connectivity index is 2.28. The standard InChI is InChI=1S/C18H23NO/c1-5-17(19-3)15-8-6-14(7-9-15)16-10-11-18(20-4)13(2)12-16/h6-12,17,19H,5H2,1-4H3. The fraction of sp³-hybridized carbons (Fsp3) is 0.333. The first-order valence-electron chi connectivity index (χ1n) is 7.11. The van der Waals surface area contributed by atoms with Crippen molar-refractivity contribution in [3.63, 3.8) is 0 Å². The minimum Gasteiger partial charge on any atom is -0.496 e. The monoisotopic (exact) mass is 269 g/mol. The lowest BCUT2D eigenvalue weighted by Crippen LogP contribution is -2.14. The summed E-state index contributed by atoms with van der Waals surface area (Å²) >= 11 is 0. The Kier molecular flexibility index (Phi) is 4.80. The van der Waals surface area contributed by atoms with E-state index in [1.807, 2.05) is 13.1 Å². The fourth-order valence-electron chi connectivity index (χ4n) is 2.57. The van der Waals surface area contributed by atoms with Gasteiger partial charge >= 0.3 is 0 Å². The van der Waals surface area contributed by atoms with E-state index in [2.05, 4.69) is 55.6 Å². The van der Waals surface area contributed by atoms with E-state index in [-0.39, 0.29) is 0 Å². The highest BCUT2D eigenvalue weighted by Gasteiger charge is 2.07. The van der Waals surface area contributed by atoms with Gasteiger partial charge < -0.3 is 10.1 Å². The summed E-state index contributed by atoms with van der Waals surface area (Å²) in [6, 6.07) is 15.5. The van der Waals surface area contributed by atoms with Crippen molar-refractivity contribution in [2.24, 2.45) is 0 Å². The zero-order valence-electron chi connectivity index (χ0n) is 12.7. The van der Waals surface area contributed by atoms with Crippen molar-refractivity contribution in [1.82, 2.24) is 5.32 Å². The molecule has 0 saturated carbocycles. The minimum absolute atomic E-state index is 0.432. The molecule has 0 amide bonds. The Labute approximate surface area is 121 Å². The molecule has 2 heteroatoms. The lowest BCUT2D eigenvalue weighted by molar-refractivity contribution is 0.412. The Bertz CT molecular complexity index is 556. The second-order valence-corrected chi connectivity index (χ2v) is 5.06. The van der Waals surface area contributed by atoms with Crippen molar-refractivity contribution in [3.05, 3.63) is 53.6 Å². The van der Waals surface area contributed by atoms with Gasteiger partial charge in [0.15, 0.2) is 0 Å². The van der Waals surface area contributed by atoms with Crippen molar-refractivity contribution < 1.29 is 4.74 Å². The Hall–Kier alpha value is -1.80. The second-order valence-electron chi connectivity index (χ2n) is 5.06. The summed E-state index contributed by atoms with van der Waals surface area (Å²) in [6.07, 6.45) is 1.09. The van der Waals surface area contributed by atoms with Crippen molar-refractivity contribution >= 4 is 0 Å². The van der Waals surface area contributed by atoms with Crippen LogP contribution in [0.3, 0.4) is 0 Å². The molecule has 0 spiro atoms. The summed E-state index contributed by atoms with van der Waals surface area (Å²) in [6.45, 7) is 4.27. The maximum atomic E-state index is 5.31. The van der Waals surface area contributed by atoms with Crippen LogP contribution in [0.25, 0.3) is 11.1 Å². The molecule has 0 saturated heterocycles. The molecule has 2 nitrogen and oxygen atoms in total. The molecule has 1 atom stereocenters. The van der Waals surface area contributed by atoms with Gasteiger partial charge in [-0.05, 0) is 54.8 Å². The lowest BCUT2D eigenvalue weighted by atomic mass is 9.98. The van der Waals surface area contributed by atoms with E-state index >= 15 is 0 Å². The van der Waals surface area contributed by atoms with E-state index in [9.17, 15) is 0 Å². The van der Waals surface area contributed by atoms with Crippen molar-refractivity contribution in [2.45, 2.75) is 26.3 Å². The summed E-state index contributed by atoms with van der Waals surface area (Å²) in [7, 11) is 3.72. The number of hydrogen-bond donors (Lipinski definition) is 1. The molecule has 0 radical (unpaired) electrons. The third kappa shape index (κ3) is 3.02. The summed E-state index contributed by atoms with van der Waals surface area (Å²) in [5, 5.41) is 3.33. The van der Waals surface area contributed by atoms with E-state index in [1.165, 1.54) is 16.7 Å². The predicted molar refractivity (Wildman–Crippen MR) is 85.3 cm³/mol. The number of aryl methyl sites for hydroxylation is 1. The molecular formula is C18H23NO. The number of benzene rings is 2. The molecule has 20 heavy (non-hydrogen) atoms. The van der Waals surface area contributed by atoms with E-state index in [4.69, 9.17) is 4.74 Å². The first-order chi connectivity index (χ1) is 9.69. The van der Waals surface area contributed by atoms with E-state index in [1.54, 1.807) is 7.11 Å². The zero-order valence-corrected chi connectivity index (χ0v) is 12.7. The van der Waals surface area contributed by atoms with Gasteiger partial charge in [0, 0.05) is 6.04 Å². The molecule has 0 fully saturated rings. The predicted octanol–water partition coefficient (Wildman–Crippen LogP) is 4.34. The van der Waals surface area contributed by atoms with Crippen LogP contribution >= 0.6 is 0 Å². The average molecular weight is 269 g/mol. The molecule has 0 bridgehead atoms. The van der Waals surface area contributed by atoms with Crippen LogP contribution in [0.15, 0.2) is 42.5 Å². The van der Waals surface area contributed by atoms with Crippen molar-refractivity contribution in [3.8, 4) is 16.9 Å². The molecule has 0 aromatic heterocycles. The summed E-state index contributed by atoms with van der Waals surface area (Å²) in [5.41, 5.74) is 4.97. The third-order valence-corrected chi connectivity index (χ3v) is 3.80. The van der Waals surface area contributed by atoms with Crippen LogP contribution in [0.4, 0.5) is 0 Å². The van der Waals surface area contributed by atoms with Gasteiger partial charge in [-0.25, -0.2) is 0 Å². The van der Waals surface area contributed by atoms with Crippen LogP contribution in [0.1, 0.15) is 30.5 Å². The average Bonchev–Trinajstić information content (AvgIpc) is 2.49. The van der Waals surface area contributed by atoms with Gasteiger partial charge in [0.2, 0.25) is 0 Å². The number of rotatable bonds is 5. The van der Waals surface area contributed by atoms with Crippen LogP contribution in [0.5, 0.6) is 5.75 Å². The van der Waals surface area contributed by atoms with E-state index in [0.717, 1.165) is 17.7 Å². The number of ether oxygens (including phenoxy) is 1. The first-order valence-corrected chi connectivity index (χ1v) is 7.11. The van der Waals surface area contributed by atoms with Gasteiger partial charge in [0.25, 0.3) is 0 Å². The normalized spacial score (nSPS) is 12.2. The van der Waals surface area contributed by atoms with E-state index in [0.29, 0.717) is 6.04 Å². The molecule has 1 unspecified atom stereocenters. The zero-order chi connectivity index (χ0) is 14.5. The van der Waals surface area contributed by atoms with Crippen molar-refractivity contribution in [1.29, 1.82) is 0 Å². The Morgan fingerprint density at radius 3 is 2.20 bits per heavy atom. The minimum atomic E-state index is 0.432. The first kappa shape index (κ1) is 14.6. The number of methoxy groups -OCH3 is 1. The van der Waals surface area contributed by atoms with Crippen LogP contribution in [-0.4, -0.2) is 14.2 Å². The van der Waals surface area contributed by atoms with Crippen LogP contribution in [-0.2, 0) is 0 Å². The highest BCUT2D eigenvalue weighted by atomic mass is 16.5. The maximum absolute atomic E-state index is 5.31. The molecule has 106 valence electrons. The van der Waals surface area contributed by atoms with Gasteiger partial charge in [-0.1, -0.05) is 37.3 Å². The topological polar surface area (TPSA) is 21.3 Å². The van der Waals surface area contributed by atoms with Gasteiger partial charge in [-0.2, -0.15) is 0 Å². The van der Waals surface area contributed by atoms with Crippen molar-refractivity contribution in [2.75, 3.05) is 14.2 Å². The van der Waals surface area contributed by atoms with Gasteiger partial charge in [-0.15, -0.1) is 0 Å². The Morgan fingerprint density at radius 2 is 1.70 bits per heavy atom. The van der Waals surface area contributed by atoms with E-state index < -0.39 is 0 Å². The summed E-state index contributed by atoms with van der Waals surface area (Å²) < 4.78 is 5.31. The summed E-state index contributed by atoms with van der Waals surface area (Å²) in [5.74, 6) is 0.937. The fourth-order valence-corrected chi connectivity index (χ4v) is 2.57. The molecule has 2 aromatic carbocycles. The molecule has 0 aliphatic carbocycles. The largest absolute Gasteiger partial charge is 0.496 e. The lowest BCUT2D eigenvalue weighted by Gasteiger charge is -2.15. The second kappa shape index (κ2) is 6.58. The number of hydrogen-bond acceptors (Lipinski definition) is 2. The summed E-state index contributed by atoms with van der Waals surface area (Å²) in [4.78, 5) is 0. The number of nitrogens with one attached hydrogen (secondary N) is 1. The highest BCUT2D eigenvalue weighted by Crippen LogP contribution is 2.27. The van der Waals surface area contributed by atoms with Gasteiger partial charge in [0.1, 0.15) is 5.75 Å². The maximum Gasteiger partial charge on any atom is 0.121 e. The molecular weight excluding hydrogens is 246 g/mol. The molecule has 2 aromatic rings. The molecule has 2 rings (SSSR count). The molecule has 0 aliphatic rings. The van der Waals surface area contributed by atoms with Gasteiger partial charge in [0.05, 0.1) is 7.11 Å². The quantitative estimate of drug-likeness (QED) is 0.871. The highest BCUT2D eigenvalue weighted by molar-refractivity contribution is 5.66.